The van der Waals surface area contributed by atoms with Crippen LogP contribution in [0, 0.1) is 0 Å². The summed E-state index contributed by atoms with van der Waals surface area (Å²) in [6.45, 7) is 0. The number of carbonyl (C=O) groups excluding carboxylic acids is 1. The first-order valence-electron chi connectivity index (χ1n) is 5.92. The van der Waals surface area contributed by atoms with Crippen molar-refractivity contribution in [2.45, 2.75) is 11.3 Å². The second-order valence-electron chi connectivity index (χ2n) is 4.75. The van der Waals surface area contributed by atoms with Gasteiger partial charge in [-0.15, -0.1) is 0 Å². The largest absolute Gasteiger partial charge is 0.289 e. The molecule has 0 unspecified atom stereocenters. The van der Waals surface area contributed by atoms with E-state index in [0.717, 1.165) is 11.1 Å². The molecule has 3 nitrogen and oxygen atoms in total. The molecule has 2 aromatic carbocycles. The van der Waals surface area contributed by atoms with Crippen molar-refractivity contribution in [3.8, 4) is 0 Å². The Hall–Kier alpha value is -1.94. The number of carbonyl (C=O) groups is 1. The SMILES string of the molecule is CS(=O)(=O)c1ccc2c(c1)Cc1ccccc1C2=O. The standard InChI is InChI=1S/C15H12O3S/c1-19(17,18)12-6-7-14-11(9-12)8-10-4-2-3-5-13(10)15(14)16/h2-7,9H,8H2,1H3. The van der Waals surface area contributed by atoms with Crippen LogP contribution in [-0.2, 0) is 16.3 Å². The van der Waals surface area contributed by atoms with Crippen molar-refractivity contribution in [1.29, 1.82) is 0 Å². The lowest BCUT2D eigenvalue weighted by Crippen LogP contribution is -2.15. The molecule has 1 aliphatic rings. The molecule has 3 rings (SSSR count). The van der Waals surface area contributed by atoms with Crippen LogP contribution in [0.15, 0.2) is 47.4 Å². The first kappa shape index (κ1) is 12.1. The average molecular weight is 272 g/mol. The number of ketones is 1. The van der Waals surface area contributed by atoms with E-state index in [9.17, 15) is 13.2 Å². The lowest BCUT2D eigenvalue weighted by Gasteiger charge is -2.18. The summed E-state index contributed by atoms with van der Waals surface area (Å²) in [4.78, 5) is 12.6. The highest BCUT2D eigenvalue weighted by Crippen LogP contribution is 2.28. The first-order chi connectivity index (χ1) is 8.97. The number of hydrogen-bond acceptors (Lipinski definition) is 3. The molecule has 0 amide bonds. The average Bonchev–Trinajstić information content (AvgIpc) is 2.37. The van der Waals surface area contributed by atoms with Crippen LogP contribution in [0.25, 0.3) is 0 Å². The second kappa shape index (κ2) is 4.03. The summed E-state index contributed by atoms with van der Waals surface area (Å²) in [5.41, 5.74) is 3.05. The molecule has 19 heavy (non-hydrogen) atoms. The maximum Gasteiger partial charge on any atom is 0.193 e. The Kier molecular flexibility index (Phi) is 2.57. The van der Waals surface area contributed by atoms with Gasteiger partial charge in [0.05, 0.1) is 4.90 Å². The third-order valence-electron chi connectivity index (χ3n) is 3.39. The molecule has 0 aliphatic heterocycles. The van der Waals surface area contributed by atoms with E-state index < -0.39 is 9.84 Å². The lowest BCUT2D eigenvalue weighted by atomic mass is 9.85. The molecule has 1 aliphatic carbocycles. The van der Waals surface area contributed by atoms with Crippen LogP contribution >= 0.6 is 0 Å². The van der Waals surface area contributed by atoms with Crippen LogP contribution in [0.1, 0.15) is 27.0 Å². The van der Waals surface area contributed by atoms with Crippen molar-refractivity contribution >= 4 is 15.6 Å². The molecular weight excluding hydrogens is 260 g/mol. The smallest absolute Gasteiger partial charge is 0.193 e. The molecule has 2 aromatic rings. The Morgan fingerprint density at radius 3 is 2.37 bits per heavy atom. The molecule has 0 heterocycles. The van der Waals surface area contributed by atoms with E-state index >= 15 is 0 Å². The number of rotatable bonds is 1. The zero-order valence-electron chi connectivity index (χ0n) is 10.4. The van der Waals surface area contributed by atoms with Gasteiger partial charge in [0.15, 0.2) is 15.6 Å². The topological polar surface area (TPSA) is 51.2 Å². The Labute approximate surface area is 111 Å². The van der Waals surface area contributed by atoms with Gasteiger partial charge in [-0.05, 0) is 35.7 Å². The van der Waals surface area contributed by atoms with Crippen molar-refractivity contribution < 1.29 is 13.2 Å². The monoisotopic (exact) mass is 272 g/mol. The Balaban J connectivity index is 2.19. The summed E-state index contributed by atoms with van der Waals surface area (Å²) in [6.07, 6.45) is 1.77. The van der Waals surface area contributed by atoms with Gasteiger partial charge >= 0.3 is 0 Å². The zero-order chi connectivity index (χ0) is 13.6. The van der Waals surface area contributed by atoms with Crippen molar-refractivity contribution in [2.24, 2.45) is 0 Å². The van der Waals surface area contributed by atoms with Gasteiger partial charge in [-0.2, -0.15) is 0 Å². The minimum absolute atomic E-state index is 0.0306. The maximum absolute atomic E-state index is 12.3. The van der Waals surface area contributed by atoms with Crippen LogP contribution < -0.4 is 0 Å². The molecule has 0 radical (unpaired) electrons. The van der Waals surface area contributed by atoms with Gasteiger partial charge in [-0.3, -0.25) is 4.79 Å². The molecule has 0 fully saturated rings. The Morgan fingerprint density at radius 2 is 1.63 bits per heavy atom. The highest BCUT2D eigenvalue weighted by atomic mass is 32.2. The van der Waals surface area contributed by atoms with Crippen LogP contribution in [0.2, 0.25) is 0 Å². The summed E-state index contributed by atoms with van der Waals surface area (Å²) < 4.78 is 23.1. The predicted molar refractivity (Wildman–Crippen MR) is 72.2 cm³/mol. The fourth-order valence-electron chi connectivity index (χ4n) is 2.41. The number of benzene rings is 2. The highest BCUT2D eigenvalue weighted by Gasteiger charge is 2.23. The van der Waals surface area contributed by atoms with E-state index in [1.807, 2.05) is 24.3 Å². The van der Waals surface area contributed by atoms with E-state index in [1.54, 1.807) is 12.1 Å². The quantitative estimate of drug-likeness (QED) is 0.682. The minimum Gasteiger partial charge on any atom is -0.289 e. The molecule has 0 spiro atoms. The third kappa shape index (κ3) is 1.98. The molecule has 0 aromatic heterocycles. The summed E-state index contributed by atoms with van der Waals surface area (Å²) >= 11 is 0. The second-order valence-corrected chi connectivity index (χ2v) is 6.77. The molecule has 0 saturated heterocycles. The number of sulfone groups is 1. The molecule has 0 saturated carbocycles. The van der Waals surface area contributed by atoms with Gasteiger partial charge in [0.25, 0.3) is 0 Å². The van der Waals surface area contributed by atoms with Gasteiger partial charge in [-0.25, -0.2) is 8.42 Å². The van der Waals surface area contributed by atoms with E-state index in [2.05, 4.69) is 0 Å². The van der Waals surface area contributed by atoms with Crippen molar-refractivity contribution in [2.75, 3.05) is 6.26 Å². The molecule has 0 N–H and O–H groups in total. The van der Waals surface area contributed by atoms with E-state index in [-0.39, 0.29) is 10.7 Å². The molecule has 96 valence electrons. The van der Waals surface area contributed by atoms with Crippen molar-refractivity contribution in [3.63, 3.8) is 0 Å². The van der Waals surface area contributed by atoms with Crippen LogP contribution in [0.4, 0.5) is 0 Å². The molecule has 0 bridgehead atoms. The summed E-state index contributed by atoms with van der Waals surface area (Å²) in [7, 11) is -3.24. The Bertz CT molecular complexity index is 789. The normalized spacial score (nSPS) is 13.8. The van der Waals surface area contributed by atoms with Crippen LogP contribution in [0.3, 0.4) is 0 Å². The van der Waals surface area contributed by atoms with Crippen LogP contribution in [-0.4, -0.2) is 20.5 Å². The molecular formula is C15H12O3S. The third-order valence-corrected chi connectivity index (χ3v) is 4.50. The van der Waals surface area contributed by atoms with Crippen molar-refractivity contribution in [3.05, 3.63) is 64.7 Å². The van der Waals surface area contributed by atoms with Gasteiger partial charge in [0.1, 0.15) is 0 Å². The van der Waals surface area contributed by atoms with E-state index in [1.165, 1.54) is 12.3 Å². The minimum atomic E-state index is -3.24. The van der Waals surface area contributed by atoms with Gasteiger partial charge in [0, 0.05) is 17.4 Å². The molecule has 4 heteroatoms. The fourth-order valence-corrected chi connectivity index (χ4v) is 3.09. The Morgan fingerprint density at radius 1 is 0.947 bits per heavy atom. The zero-order valence-corrected chi connectivity index (χ0v) is 11.2. The first-order valence-corrected chi connectivity index (χ1v) is 7.81. The van der Waals surface area contributed by atoms with Gasteiger partial charge in [-0.1, -0.05) is 24.3 Å². The number of fused-ring (bicyclic) bond motifs is 2. The predicted octanol–water partition coefficient (Wildman–Crippen LogP) is 2.23. The fraction of sp³-hybridized carbons (Fsp3) is 0.133. The van der Waals surface area contributed by atoms with E-state index in [4.69, 9.17) is 0 Å². The van der Waals surface area contributed by atoms with E-state index in [0.29, 0.717) is 17.5 Å². The van der Waals surface area contributed by atoms with Crippen molar-refractivity contribution in [1.82, 2.24) is 0 Å². The maximum atomic E-state index is 12.3. The van der Waals surface area contributed by atoms with Gasteiger partial charge < -0.3 is 0 Å². The van der Waals surface area contributed by atoms with Crippen LogP contribution in [0.5, 0.6) is 0 Å². The number of hydrogen-bond donors (Lipinski definition) is 0. The summed E-state index contributed by atoms with van der Waals surface area (Å²) in [5.74, 6) is -0.0306. The summed E-state index contributed by atoms with van der Waals surface area (Å²) in [6, 6.07) is 12.2. The molecule has 0 atom stereocenters. The highest BCUT2D eigenvalue weighted by molar-refractivity contribution is 7.90. The lowest BCUT2D eigenvalue weighted by molar-refractivity contribution is 0.103. The van der Waals surface area contributed by atoms with Gasteiger partial charge in [0.2, 0.25) is 0 Å². The summed E-state index contributed by atoms with van der Waals surface area (Å²) in [5, 5.41) is 0.